The van der Waals surface area contributed by atoms with Gasteiger partial charge >= 0.3 is 0 Å². The van der Waals surface area contributed by atoms with Gasteiger partial charge in [-0.05, 0) is 109 Å². The van der Waals surface area contributed by atoms with Crippen molar-refractivity contribution >= 4 is 32.6 Å². The zero-order chi connectivity index (χ0) is 42.1. The molecule has 1 aromatic heterocycles. The zero-order valence-corrected chi connectivity index (χ0v) is 28.4. The van der Waals surface area contributed by atoms with Gasteiger partial charge in [-0.1, -0.05) is 164 Å². The predicted molar refractivity (Wildman–Crippen MR) is 223 cm³/mol. The number of benzene rings is 9. The highest BCUT2D eigenvalue weighted by Crippen LogP contribution is 2.45. The molecular formula is C51H34N2. The third-order valence-electron chi connectivity index (χ3n) is 9.80. The van der Waals surface area contributed by atoms with Gasteiger partial charge < -0.3 is 0 Å². The summed E-state index contributed by atoms with van der Waals surface area (Å²) in [5.41, 5.74) is 8.34. The molecule has 0 aliphatic rings. The SMILES string of the molecule is [2H]c1c([2H])c([2H])c2c(-c3cccc(-n4c(-c5ccccc5)nc5ccccc54)c3)c3c([2H])c([2H])c([2H])c([2H])c3c(-c3cc(-c4ccccc4)cc(-c4ccccc4)c3)c2c1[2H]. The molecule has 0 saturated heterocycles. The Morgan fingerprint density at radius 2 is 0.830 bits per heavy atom. The highest BCUT2D eigenvalue weighted by Gasteiger charge is 2.20. The first-order valence-electron chi connectivity index (χ1n) is 21.5. The number of imidazole rings is 1. The van der Waals surface area contributed by atoms with Gasteiger partial charge in [0.05, 0.1) is 22.0 Å². The maximum absolute atomic E-state index is 9.58. The van der Waals surface area contributed by atoms with E-state index in [9.17, 15) is 5.48 Å². The van der Waals surface area contributed by atoms with Gasteiger partial charge in [-0.2, -0.15) is 0 Å². The molecule has 10 aromatic rings. The first-order valence-corrected chi connectivity index (χ1v) is 17.5. The first-order chi connectivity index (χ1) is 29.6. The van der Waals surface area contributed by atoms with E-state index < -0.39 is 24.2 Å². The zero-order valence-electron chi connectivity index (χ0n) is 36.4. The van der Waals surface area contributed by atoms with E-state index in [1.165, 1.54) is 0 Å². The van der Waals surface area contributed by atoms with Crippen LogP contribution in [0.5, 0.6) is 0 Å². The van der Waals surface area contributed by atoms with E-state index in [1.54, 1.807) is 0 Å². The molecule has 0 radical (unpaired) electrons. The van der Waals surface area contributed by atoms with E-state index in [1.807, 2.05) is 156 Å². The average Bonchev–Trinajstić information content (AvgIpc) is 3.71. The molecule has 0 N–H and O–H groups in total. The van der Waals surface area contributed by atoms with E-state index in [4.69, 9.17) is 10.5 Å². The van der Waals surface area contributed by atoms with Crippen molar-refractivity contribution in [2.24, 2.45) is 0 Å². The first kappa shape index (κ1) is 23.4. The second kappa shape index (κ2) is 12.9. The van der Waals surface area contributed by atoms with Crippen molar-refractivity contribution in [1.82, 2.24) is 9.55 Å². The van der Waals surface area contributed by atoms with Crippen LogP contribution in [0.4, 0.5) is 0 Å². The van der Waals surface area contributed by atoms with Gasteiger partial charge in [-0.3, -0.25) is 4.57 Å². The molecule has 0 spiro atoms. The van der Waals surface area contributed by atoms with Crippen LogP contribution in [-0.4, -0.2) is 9.55 Å². The van der Waals surface area contributed by atoms with Crippen LogP contribution in [0.3, 0.4) is 0 Å². The summed E-state index contributed by atoms with van der Waals surface area (Å²) in [6.07, 6.45) is 0. The van der Waals surface area contributed by atoms with Gasteiger partial charge in [0.25, 0.3) is 0 Å². The number of para-hydroxylation sites is 2. The topological polar surface area (TPSA) is 17.8 Å². The smallest absolute Gasteiger partial charge is 0.145 e. The Balaban J connectivity index is 1.37. The minimum absolute atomic E-state index is 0.154. The Labute approximate surface area is 320 Å². The molecule has 0 unspecified atom stereocenters. The quantitative estimate of drug-likeness (QED) is 0.160. The molecule has 0 saturated carbocycles. The van der Waals surface area contributed by atoms with Crippen LogP contribution in [0.25, 0.3) is 94.2 Å². The summed E-state index contributed by atoms with van der Waals surface area (Å²) < 4.78 is 76.3. The molecule has 2 heteroatoms. The highest BCUT2D eigenvalue weighted by atomic mass is 15.1. The lowest BCUT2D eigenvalue weighted by Crippen LogP contribution is -1.98. The van der Waals surface area contributed by atoms with Crippen LogP contribution in [0.15, 0.2) is 206 Å². The molecule has 0 atom stereocenters. The summed E-state index contributed by atoms with van der Waals surface area (Å²) >= 11 is 0. The summed E-state index contributed by atoms with van der Waals surface area (Å²) in [5.74, 6) is 0.695. The number of rotatable bonds is 6. The Bertz CT molecular complexity index is 3250. The van der Waals surface area contributed by atoms with Gasteiger partial charge in [-0.25, -0.2) is 4.98 Å². The minimum Gasteiger partial charge on any atom is -0.292 e. The van der Waals surface area contributed by atoms with Crippen molar-refractivity contribution in [3.63, 3.8) is 0 Å². The third kappa shape index (κ3) is 5.40. The maximum Gasteiger partial charge on any atom is 0.145 e. The lowest BCUT2D eigenvalue weighted by molar-refractivity contribution is 1.10. The molecule has 10 rings (SSSR count). The molecule has 248 valence electrons. The molecule has 0 amide bonds. The highest BCUT2D eigenvalue weighted by molar-refractivity contribution is 6.21. The Morgan fingerprint density at radius 3 is 1.40 bits per heavy atom. The van der Waals surface area contributed by atoms with Crippen LogP contribution in [-0.2, 0) is 0 Å². The van der Waals surface area contributed by atoms with Gasteiger partial charge in [0.1, 0.15) is 5.82 Å². The maximum atomic E-state index is 9.58. The number of nitrogens with zero attached hydrogens (tertiary/aromatic N) is 2. The molecule has 0 aliphatic carbocycles. The van der Waals surface area contributed by atoms with Crippen molar-refractivity contribution < 1.29 is 11.0 Å². The van der Waals surface area contributed by atoms with E-state index in [2.05, 4.69) is 6.07 Å². The number of fused-ring (bicyclic) bond motifs is 3. The molecule has 0 bridgehead atoms. The number of aromatic nitrogens is 2. The summed E-state index contributed by atoms with van der Waals surface area (Å²) in [7, 11) is 0. The van der Waals surface area contributed by atoms with E-state index in [0.717, 1.165) is 38.9 Å². The Kier molecular flexibility index (Phi) is 5.72. The second-order valence-electron chi connectivity index (χ2n) is 13.0. The van der Waals surface area contributed by atoms with Gasteiger partial charge in [0.2, 0.25) is 0 Å². The van der Waals surface area contributed by atoms with Crippen LogP contribution in [0.1, 0.15) is 11.0 Å². The predicted octanol–water partition coefficient (Wildman–Crippen LogP) is 13.7. The molecular weight excluding hydrogens is 641 g/mol. The lowest BCUT2D eigenvalue weighted by atomic mass is 9.84. The molecule has 1 heterocycles. The van der Waals surface area contributed by atoms with Gasteiger partial charge in [-0.15, -0.1) is 0 Å². The fourth-order valence-electron chi connectivity index (χ4n) is 7.44. The standard InChI is InChI=1S/C51H34N2/c1-4-17-35(18-5-1)39-31-40(36-19-6-2-7-20-36)33-41(32-39)50-45-27-12-10-25-43(45)49(44-26-11-13-28-46(44)50)38-23-16-24-42(34-38)53-48-30-15-14-29-47(48)52-51(53)37-21-8-3-9-22-37/h1-34H/i10D,11D,12D,13D,25D,26D,27D,28D. The van der Waals surface area contributed by atoms with E-state index in [-0.39, 0.29) is 51.3 Å². The fraction of sp³-hybridized carbons (Fsp3) is 0. The summed E-state index contributed by atoms with van der Waals surface area (Å²) in [5, 5.41) is 0.624. The number of hydrogen-bond acceptors (Lipinski definition) is 1. The summed E-state index contributed by atoms with van der Waals surface area (Å²) in [6.45, 7) is 0. The largest absolute Gasteiger partial charge is 0.292 e. The normalized spacial score (nSPS) is 13.5. The minimum atomic E-state index is -0.448. The van der Waals surface area contributed by atoms with Crippen molar-refractivity contribution in [3.05, 3.63) is 206 Å². The van der Waals surface area contributed by atoms with Crippen LogP contribution >= 0.6 is 0 Å². The van der Waals surface area contributed by atoms with Gasteiger partial charge in [0, 0.05) is 11.3 Å². The van der Waals surface area contributed by atoms with Crippen LogP contribution in [0, 0.1) is 0 Å². The Morgan fingerprint density at radius 1 is 0.377 bits per heavy atom. The molecule has 9 aromatic carbocycles. The van der Waals surface area contributed by atoms with E-state index in [0.29, 0.717) is 28.2 Å². The number of hydrogen-bond donors (Lipinski definition) is 0. The third-order valence-corrected chi connectivity index (χ3v) is 9.80. The van der Waals surface area contributed by atoms with Crippen molar-refractivity contribution in [3.8, 4) is 61.6 Å². The molecule has 0 aliphatic heterocycles. The van der Waals surface area contributed by atoms with Crippen LogP contribution in [0.2, 0.25) is 0 Å². The molecule has 0 fully saturated rings. The Hall–Kier alpha value is -7.03. The van der Waals surface area contributed by atoms with Gasteiger partial charge in [0.15, 0.2) is 0 Å². The van der Waals surface area contributed by atoms with Crippen molar-refractivity contribution in [2.45, 2.75) is 0 Å². The molecule has 2 nitrogen and oxygen atoms in total. The summed E-state index contributed by atoms with van der Waals surface area (Å²) in [6, 6.07) is 47.7. The fourth-order valence-corrected chi connectivity index (χ4v) is 7.44. The van der Waals surface area contributed by atoms with Crippen LogP contribution < -0.4 is 0 Å². The van der Waals surface area contributed by atoms with Crippen molar-refractivity contribution in [2.75, 3.05) is 0 Å². The molecule has 53 heavy (non-hydrogen) atoms. The second-order valence-corrected chi connectivity index (χ2v) is 13.0. The monoisotopic (exact) mass is 682 g/mol. The van der Waals surface area contributed by atoms with E-state index >= 15 is 0 Å². The summed E-state index contributed by atoms with van der Waals surface area (Å²) in [4.78, 5) is 5.02. The lowest BCUT2D eigenvalue weighted by Gasteiger charge is -2.20. The van der Waals surface area contributed by atoms with Crippen molar-refractivity contribution in [1.29, 1.82) is 0 Å². The average molecular weight is 683 g/mol.